The predicted molar refractivity (Wildman–Crippen MR) is 74.1 cm³/mol. The number of nitrogens with two attached hydrogens (primary N) is 1. The maximum Gasteiger partial charge on any atom is 0.122 e. The van der Waals surface area contributed by atoms with Crippen LogP contribution in [0.1, 0.15) is 55.6 Å². The molecular formula is C16H23NO. The molecule has 18 heavy (non-hydrogen) atoms. The van der Waals surface area contributed by atoms with Crippen LogP contribution in [-0.2, 0) is 6.42 Å². The van der Waals surface area contributed by atoms with E-state index < -0.39 is 0 Å². The lowest BCUT2D eigenvalue weighted by Crippen LogP contribution is -2.24. The summed E-state index contributed by atoms with van der Waals surface area (Å²) in [5.74, 6) is 1.76. The Balaban J connectivity index is 1.86. The highest BCUT2D eigenvalue weighted by atomic mass is 16.5. The Hall–Kier alpha value is -1.02. The van der Waals surface area contributed by atoms with Crippen molar-refractivity contribution in [1.29, 1.82) is 0 Å². The molecule has 2 N–H and O–H groups in total. The van der Waals surface area contributed by atoms with Gasteiger partial charge in [0.25, 0.3) is 0 Å². The van der Waals surface area contributed by atoms with E-state index in [1.54, 1.807) is 7.11 Å². The Morgan fingerprint density at radius 3 is 2.61 bits per heavy atom. The van der Waals surface area contributed by atoms with Crippen molar-refractivity contribution in [2.75, 3.05) is 7.11 Å². The summed E-state index contributed by atoms with van der Waals surface area (Å²) < 4.78 is 5.53. The molecule has 0 aromatic heterocycles. The monoisotopic (exact) mass is 245 g/mol. The van der Waals surface area contributed by atoms with E-state index in [0.29, 0.717) is 5.92 Å². The van der Waals surface area contributed by atoms with E-state index in [1.807, 2.05) is 0 Å². The van der Waals surface area contributed by atoms with E-state index in [0.717, 1.165) is 12.2 Å². The SMILES string of the molecule is COc1ccc(CC2(N)CC2)cc1C1CCCC1. The molecule has 0 spiro atoms. The number of benzene rings is 1. The van der Waals surface area contributed by atoms with Gasteiger partial charge in [-0.05, 0) is 55.2 Å². The molecule has 0 bridgehead atoms. The van der Waals surface area contributed by atoms with E-state index in [4.69, 9.17) is 10.5 Å². The van der Waals surface area contributed by atoms with Crippen molar-refractivity contribution in [3.05, 3.63) is 29.3 Å². The van der Waals surface area contributed by atoms with Crippen molar-refractivity contribution < 1.29 is 4.74 Å². The molecular weight excluding hydrogens is 222 g/mol. The molecule has 2 heteroatoms. The Bertz CT molecular complexity index is 431. The Morgan fingerprint density at radius 2 is 2.00 bits per heavy atom. The zero-order valence-electron chi connectivity index (χ0n) is 11.2. The number of hydrogen-bond donors (Lipinski definition) is 1. The van der Waals surface area contributed by atoms with Crippen LogP contribution in [0, 0.1) is 0 Å². The summed E-state index contributed by atoms with van der Waals surface area (Å²) in [4.78, 5) is 0. The highest BCUT2D eigenvalue weighted by Crippen LogP contribution is 2.41. The van der Waals surface area contributed by atoms with Crippen molar-refractivity contribution in [2.45, 2.75) is 56.4 Å². The van der Waals surface area contributed by atoms with Crippen molar-refractivity contribution in [2.24, 2.45) is 5.73 Å². The topological polar surface area (TPSA) is 35.2 Å². The summed E-state index contributed by atoms with van der Waals surface area (Å²) >= 11 is 0. The molecule has 0 heterocycles. The Morgan fingerprint density at radius 1 is 1.28 bits per heavy atom. The minimum absolute atomic E-state index is 0.0987. The summed E-state index contributed by atoms with van der Waals surface area (Å²) in [6, 6.07) is 6.67. The maximum atomic E-state index is 6.22. The fourth-order valence-corrected chi connectivity index (χ4v) is 3.19. The molecule has 0 unspecified atom stereocenters. The van der Waals surface area contributed by atoms with Crippen molar-refractivity contribution in [3.63, 3.8) is 0 Å². The lowest BCUT2D eigenvalue weighted by atomic mass is 9.93. The average Bonchev–Trinajstić information content (AvgIpc) is 2.91. The van der Waals surface area contributed by atoms with Crippen LogP contribution in [0.3, 0.4) is 0 Å². The van der Waals surface area contributed by atoms with E-state index in [9.17, 15) is 0 Å². The van der Waals surface area contributed by atoms with Gasteiger partial charge >= 0.3 is 0 Å². The van der Waals surface area contributed by atoms with E-state index in [-0.39, 0.29) is 5.54 Å². The minimum Gasteiger partial charge on any atom is -0.496 e. The Kier molecular flexibility index (Phi) is 3.06. The number of ether oxygens (including phenoxy) is 1. The average molecular weight is 245 g/mol. The maximum absolute atomic E-state index is 6.22. The molecule has 1 aromatic carbocycles. The second-order valence-corrected chi connectivity index (χ2v) is 6.10. The van der Waals surface area contributed by atoms with Gasteiger partial charge in [0.2, 0.25) is 0 Å². The van der Waals surface area contributed by atoms with E-state index in [1.165, 1.54) is 49.7 Å². The zero-order chi connectivity index (χ0) is 12.6. The molecule has 98 valence electrons. The molecule has 2 aliphatic rings. The predicted octanol–water partition coefficient (Wildman–Crippen LogP) is 3.39. The minimum atomic E-state index is 0.0987. The second-order valence-electron chi connectivity index (χ2n) is 6.10. The van der Waals surface area contributed by atoms with Gasteiger partial charge in [-0.15, -0.1) is 0 Å². The zero-order valence-corrected chi connectivity index (χ0v) is 11.2. The molecule has 1 aromatic rings. The summed E-state index contributed by atoms with van der Waals surface area (Å²) in [5, 5.41) is 0. The third kappa shape index (κ3) is 2.39. The third-order valence-electron chi connectivity index (χ3n) is 4.54. The first kappa shape index (κ1) is 12.0. The molecule has 3 rings (SSSR count). The van der Waals surface area contributed by atoms with Gasteiger partial charge in [-0.25, -0.2) is 0 Å². The van der Waals surface area contributed by atoms with Gasteiger partial charge in [0, 0.05) is 5.54 Å². The van der Waals surface area contributed by atoms with Crippen LogP contribution in [0.15, 0.2) is 18.2 Å². The number of hydrogen-bond acceptors (Lipinski definition) is 2. The Labute approximate surface area is 110 Å². The summed E-state index contributed by atoms with van der Waals surface area (Å²) in [7, 11) is 1.78. The number of rotatable bonds is 4. The molecule has 0 atom stereocenters. The van der Waals surface area contributed by atoms with Crippen LogP contribution < -0.4 is 10.5 Å². The van der Waals surface area contributed by atoms with Crippen LogP contribution in [0.4, 0.5) is 0 Å². The van der Waals surface area contributed by atoms with Crippen LogP contribution in [0.5, 0.6) is 5.75 Å². The third-order valence-corrected chi connectivity index (χ3v) is 4.54. The first-order valence-electron chi connectivity index (χ1n) is 7.16. The molecule has 2 aliphatic carbocycles. The van der Waals surface area contributed by atoms with Crippen LogP contribution in [-0.4, -0.2) is 12.6 Å². The lowest BCUT2D eigenvalue weighted by molar-refractivity contribution is 0.405. The largest absolute Gasteiger partial charge is 0.496 e. The quantitative estimate of drug-likeness (QED) is 0.882. The van der Waals surface area contributed by atoms with Gasteiger partial charge < -0.3 is 10.5 Å². The van der Waals surface area contributed by atoms with Crippen LogP contribution in [0.2, 0.25) is 0 Å². The highest BCUT2D eigenvalue weighted by Gasteiger charge is 2.38. The second kappa shape index (κ2) is 4.58. The first-order valence-corrected chi connectivity index (χ1v) is 7.16. The smallest absolute Gasteiger partial charge is 0.122 e. The highest BCUT2D eigenvalue weighted by molar-refractivity contribution is 5.41. The van der Waals surface area contributed by atoms with Crippen molar-refractivity contribution in [3.8, 4) is 5.75 Å². The number of methoxy groups -OCH3 is 1. The molecule has 0 aliphatic heterocycles. The lowest BCUT2D eigenvalue weighted by Gasteiger charge is -2.17. The van der Waals surface area contributed by atoms with Gasteiger partial charge in [0.15, 0.2) is 0 Å². The van der Waals surface area contributed by atoms with E-state index in [2.05, 4.69) is 18.2 Å². The van der Waals surface area contributed by atoms with Gasteiger partial charge in [-0.1, -0.05) is 25.0 Å². The molecule has 2 saturated carbocycles. The van der Waals surface area contributed by atoms with Gasteiger partial charge in [0.05, 0.1) is 7.11 Å². The molecule has 2 nitrogen and oxygen atoms in total. The summed E-state index contributed by atoms with van der Waals surface area (Å²) in [6.45, 7) is 0. The van der Waals surface area contributed by atoms with E-state index >= 15 is 0 Å². The first-order chi connectivity index (χ1) is 8.70. The summed E-state index contributed by atoms with van der Waals surface area (Å²) in [6.07, 6.45) is 8.73. The molecule has 2 fully saturated rings. The van der Waals surface area contributed by atoms with Crippen LogP contribution in [0.25, 0.3) is 0 Å². The van der Waals surface area contributed by atoms with Crippen LogP contribution >= 0.6 is 0 Å². The molecule has 0 radical (unpaired) electrons. The molecule has 0 amide bonds. The molecule has 0 saturated heterocycles. The van der Waals surface area contributed by atoms with Gasteiger partial charge in [0.1, 0.15) is 5.75 Å². The van der Waals surface area contributed by atoms with Gasteiger partial charge in [-0.2, -0.15) is 0 Å². The normalized spacial score (nSPS) is 22.1. The standard InChI is InChI=1S/C16H23NO/c1-18-15-7-6-12(11-16(17)8-9-16)10-14(15)13-4-2-3-5-13/h6-7,10,13H,2-5,8-9,11,17H2,1H3. The fourth-order valence-electron chi connectivity index (χ4n) is 3.19. The van der Waals surface area contributed by atoms with Crippen molar-refractivity contribution >= 4 is 0 Å². The van der Waals surface area contributed by atoms with Gasteiger partial charge in [-0.3, -0.25) is 0 Å². The fraction of sp³-hybridized carbons (Fsp3) is 0.625. The summed E-state index contributed by atoms with van der Waals surface area (Å²) in [5.41, 5.74) is 9.12. The van der Waals surface area contributed by atoms with Crippen molar-refractivity contribution in [1.82, 2.24) is 0 Å².